The summed E-state index contributed by atoms with van der Waals surface area (Å²) in [7, 11) is 0. The van der Waals surface area contributed by atoms with E-state index >= 15 is 0 Å². The molecule has 4 heterocycles. The first-order valence-electron chi connectivity index (χ1n) is 10.1. The largest absolute Gasteiger partial charge is 0.371 e. The molecule has 28 heavy (non-hydrogen) atoms. The molecule has 3 aliphatic rings. The minimum Gasteiger partial charge on any atom is -0.371 e. The molecule has 4 atom stereocenters. The van der Waals surface area contributed by atoms with Crippen LogP contribution in [0.2, 0.25) is 0 Å². The highest BCUT2D eigenvalue weighted by Gasteiger charge is 2.49. The van der Waals surface area contributed by atoms with E-state index in [1.165, 1.54) is 38.3 Å². The second kappa shape index (κ2) is 7.59. The van der Waals surface area contributed by atoms with Crippen LogP contribution in [0.1, 0.15) is 54.3 Å². The third-order valence-corrected chi connectivity index (χ3v) is 6.12. The summed E-state index contributed by atoms with van der Waals surface area (Å²) in [6, 6.07) is -0.232. The lowest BCUT2D eigenvalue weighted by molar-refractivity contribution is 0.0613. The van der Waals surface area contributed by atoms with Gasteiger partial charge in [-0.1, -0.05) is 42.5 Å². The Morgan fingerprint density at radius 3 is 2.89 bits per heavy atom. The highest BCUT2D eigenvalue weighted by molar-refractivity contribution is 5.92. The van der Waals surface area contributed by atoms with Crippen LogP contribution in [-0.4, -0.2) is 67.8 Å². The maximum atomic E-state index is 12.2. The summed E-state index contributed by atoms with van der Waals surface area (Å²) in [6.45, 7) is 0.905. The van der Waals surface area contributed by atoms with Crippen LogP contribution in [0.4, 0.5) is 0 Å². The van der Waals surface area contributed by atoms with E-state index in [-0.39, 0.29) is 30.2 Å². The van der Waals surface area contributed by atoms with Crippen LogP contribution >= 0.6 is 0 Å². The first-order valence-corrected chi connectivity index (χ1v) is 10.1. The average molecular weight is 387 g/mol. The fraction of sp³-hybridized carbons (Fsp3) is 0.722. The van der Waals surface area contributed by atoms with Crippen molar-refractivity contribution in [3.05, 3.63) is 23.8 Å². The second-order valence-electron chi connectivity index (χ2n) is 8.01. The fourth-order valence-electron chi connectivity index (χ4n) is 4.64. The van der Waals surface area contributed by atoms with E-state index in [1.807, 2.05) is 10.9 Å². The van der Waals surface area contributed by atoms with Gasteiger partial charge in [-0.2, -0.15) is 0 Å². The second-order valence-corrected chi connectivity index (χ2v) is 8.01. The van der Waals surface area contributed by atoms with Crippen molar-refractivity contribution in [3.8, 4) is 0 Å². The molecule has 3 fully saturated rings. The Kier molecular flexibility index (Phi) is 4.81. The lowest BCUT2D eigenvalue weighted by atomic mass is 9.86. The SMILES string of the molecule is O=C(N[C@H]1CO[C@H]2[C@@H]1OC[C@@H]2n1cc(CC2CCCCC2)nn1)c1cnn[nH]1. The summed E-state index contributed by atoms with van der Waals surface area (Å²) in [5.74, 6) is 0.465. The van der Waals surface area contributed by atoms with Crippen LogP contribution in [0.25, 0.3) is 0 Å². The first-order chi connectivity index (χ1) is 13.8. The lowest BCUT2D eigenvalue weighted by Gasteiger charge is -2.20. The zero-order valence-corrected chi connectivity index (χ0v) is 15.7. The number of nitrogens with zero attached hydrogens (tertiary/aromatic N) is 5. The summed E-state index contributed by atoms with van der Waals surface area (Å²) in [6.07, 6.45) is 10.7. The number of ether oxygens (including phenoxy) is 2. The molecule has 2 aliphatic heterocycles. The third kappa shape index (κ3) is 3.42. The van der Waals surface area contributed by atoms with E-state index in [1.54, 1.807) is 0 Å². The zero-order chi connectivity index (χ0) is 18.9. The summed E-state index contributed by atoms with van der Waals surface area (Å²) >= 11 is 0. The van der Waals surface area contributed by atoms with Crippen molar-refractivity contribution in [1.82, 2.24) is 35.7 Å². The molecule has 1 saturated carbocycles. The van der Waals surface area contributed by atoms with Crippen LogP contribution in [0.5, 0.6) is 0 Å². The van der Waals surface area contributed by atoms with Gasteiger partial charge in [0.2, 0.25) is 0 Å². The number of aromatic amines is 1. The van der Waals surface area contributed by atoms with Crippen LogP contribution in [0, 0.1) is 5.92 Å². The van der Waals surface area contributed by atoms with Crippen molar-refractivity contribution in [1.29, 1.82) is 0 Å². The van der Waals surface area contributed by atoms with Crippen LogP contribution in [0.3, 0.4) is 0 Å². The molecule has 2 N–H and O–H groups in total. The molecule has 10 heteroatoms. The van der Waals surface area contributed by atoms with E-state index in [9.17, 15) is 4.79 Å². The number of nitrogens with one attached hydrogen (secondary N) is 2. The summed E-state index contributed by atoms with van der Waals surface area (Å²) in [5.41, 5.74) is 1.37. The summed E-state index contributed by atoms with van der Waals surface area (Å²) in [4.78, 5) is 12.2. The highest BCUT2D eigenvalue weighted by atomic mass is 16.6. The minimum atomic E-state index is -0.262. The van der Waals surface area contributed by atoms with Crippen molar-refractivity contribution in [2.24, 2.45) is 5.92 Å². The van der Waals surface area contributed by atoms with Gasteiger partial charge in [-0.05, 0) is 12.3 Å². The van der Waals surface area contributed by atoms with Gasteiger partial charge < -0.3 is 14.8 Å². The Morgan fingerprint density at radius 2 is 2.07 bits per heavy atom. The van der Waals surface area contributed by atoms with Gasteiger partial charge >= 0.3 is 0 Å². The number of hydrogen-bond acceptors (Lipinski definition) is 7. The minimum absolute atomic E-state index is 0.0201. The quantitative estimate of drug-likeness (QED) is 0.773. The molecule has 1 aliphatic carbocycles. The molecule has 2 aromatic heterocycles. The van der Waals surface area contributed by atoms with Crippen molar-refractivity contribution >= 4 is 5.91 Å². The zero-order valence-electron chi connectivity index (χ0n) is 15.7. The molecule has 0 bridgehead atoms. The monoisotopic (exact) mass is 387 g/mol. The molecular weight excluding hydrogens is 362 g/mol. The number of rotatable bonds is 5. The van der Waals surface area contributed by atoms with Gasteiger partial charge in [0, 0.05) is 6.20 Å². The Balaban J connectivity index is 1.21. The number of amides is 1. The average Bonchev–Trinajstić information content (AvgIpc) is 3.49. The standard InChI is InChI=1S/C18H25N7O3/c26-18(13-7-19-23-22-13)20-14-9-27-17-15(10-28-16(14)17)25-8-12(21-24-25)6-11-4-2-1-3-5-11/h7-8,11,14-17H,1-6,9-10H2,(H,20,26)(H,19,22,23)/t14-,15-,16+,17+/m0/s1. The van der Waals surface area contributed by atoms with Gasteiger partial charge in [-0.25, -0.2) is 4.68 Å². The smallest absolute Gasteiger partial charge is 0.271 e. The van der Waals surface area contributed by atoms with E-state index < -0.39 is 0 Å². The molecular formula is C18H25N7O3. The number of hydrogen-bond donors (Lipinski definition) is 2. The van der Waals surface area contributed by atoms with Crippen molar-refractivity contribution in [2.75, 3.05) is 13.2 Å². The molecule has 150 valence electrons. The van der Waals surface area contributed by atoms with Gasteiger partial charge in [-0.3, -0.25) is 9.89 Å². The van der Waals surface area contributed by atoms with E-state index in [2.05, 4.69) is 31.0 Å². The van der Waals surface area contributed by atoms with Gasteiger partial charge in [0.05, 0.1) is 31.1 Å². The lowest BCUT2D eigenvalue weighted by Crippen LogP contribution is -2.44. The summed E-state index contributed by atoms with van der Waals surface area (Å²) in [5, 5.41) is 21.4. The van der Waals surface area contributed by atoms with Crippen molar-refractivity contribution in [3.63, 3.8) is 0 Å². The van der Waals surface area contributed by atoms with Gasteiger partial charge in [0.1, 0.15) is 23.9 Å². The molecule has 1 amide bonds. The number of H-pyrrole nitrogens is 1. The Bertz CT molecular complexity index is 802. The molecule has 2 saturated heterocycles. The first kappa shape index (κ1) is 17.7. The van der Waals surface area contributed by atoms with Crippen molar-refractivity contribution in [2.45, 2.75) is 62.8 Å². The highest BCUT2D eigenvalue weighted by Crippen LogP contribution is 2.34. The van der Waals surface area contributed by atoms with Crippen molar-refractivity contribution < 1.29 is 14.3 Å². The number of carbonyl (C=O) groups is 1. The number of carbonyl (C=O) groups excluding carboxylic acids is 1. The number of fused-ring (bicyclic) bond motifs is 1. The van der Waals surface area contributed by atoms with E-state index in [0.717, 1.165) is 18.0 Å². The summed E-state index contributed by atoms with van der Waals surface area (Å²) < 4.78 is 13.8. The van der Waals surface area contributed by atoms with Crippen LogP contribution in [0.15, 0.2) is 12.4 Å². The normalized spacial score (nSPS) is 30.4. The topological polar surface area (TPSA) is 120 Å². The fourth-order valence-corrected chi connectivity index (χ4v) is 4.64. The molecule has 0 radical (unpaired) electrons. The van der Waals surface area contributed by atoms with Crippen LogP contribution < -0.4 is 5.32 Å². The molecule has 0 spiro atoms. The molecule has 0 aromatic carbocycles. The molecule has 2 aromatic rings. The third-order valence-electron chi connectivity index (χ3n) is 6.12. The van der Waals surface area contributed by atoms with Gasteiger partial charge in [-0.15, -0.1) is 10.2 Å². The predicted molar refractivity (Wildman–Crippen MR) is 96.5 cm³/mol. The van der Waals surface area contributed by atoms with Gasteiger partial charge in [0.15, 0.2) is 0 Å². The maximum absolute atomic E-state index is 12.2. The molecule has 10 nitrogen and oxygen atoms in total. The van der Waals surface area contributed by atoms with Gasteiger partial charge in [0.25, 0.3) is 5.91 Å². The van der Waals surface area contributed by atoms with Crippen LogP contribution in [-0.2, 0) is 15.9 Å². The predicted octanol–water partition coefficient (Wildman–Crippen LogP) is 0.656. The molecule has 5 rings (SSSR count). The van der Waals surface area contributed by atoms with E-state index in [4.69, 9.17) is 9.47 Å². The number of aromatic nitrogens is 6. The Labute approximate surface area is 162 Å². The molecule has 0 unspecified atom stereocenters. The van der Waals surface area contributed by atoms with E-state index in [0.29, 0.717) is 18.9 Å². The Morgan fingerprint density at radius 1 is 1.21 bits per heavy atom. The Hall–Kier alpha value is -2.33. The maximum Gasteiger partial charge on any atom is 0.271 e.